The molecule has 0 saturated heterocycles. The lowest BCUT2D eigenvalue weighted by molar-refractivity contribution is 0.100. The molecule has 2 atom stereocenters. The molecule has 1 aliphatic carbocycles. The van der Waals surface area contributed by atoms with Crippen molar-refractivity contribution in [1.82, 2.24) is 0 Å². The second kappa shape index (κ2) is 6.07. The Morgan fingerprint density at radius 1 is 1.22 bits per heavy atom. The van der Waals surface area contributed by atoms with Crippen molar-refractivity contribution in [3.05, 3.63) is 28.2 Å². The van der Waals surface area contributed by atoms with Gasteiger partial charge in [-0.2, -0.15) is 0 Å². The molecule has 1 aromatic carbocycles. The van der Waals surface area contributed by atoms with Crippen LogP contribution in [0.1, 0.15) is 38.7 Å². The maximum atomic E-state index is 6.14. The van der Waals surface area contributed by atoms with Crippen molar-refractivity contribution in [2.75, 3.05) is 0 Å². The highest BCUT2D eigenvalue weighted by Crippen LogP contribution is 2.34. The van der Waals surface area contributed by atoms with Crippen molar-refractivity contribution in [2.24, 2.45) is 17.6 Å². The van der Waals surface area contributed by atoms with Gasteiger partial charge in [-0.15, -0.1) is 0 Å². The van der Waals surface area contributed by atoms with Gasteiger partial charge in [-0.1, -0.05) is 19.9 Å². The minimum atomic E-state index is 0.351. The standard InChI is InChI=1S/C15H22BrNO/c1-10-5-11(2)7-13(6-10)18-15-4-3-12(9-17)8-14(15)16/h3-4,8,10-11,13H,5-7,9,17H2,1-2H3. The average Bonchev–Trinajstić information content (AvgIpc) is 2.30. The molecule has 0 radical (unpaired) electrons. The van der Waals surface area contributed by atoms with E-state index in [0.717, 1.165) is 40.5 Å². The average molecular weight is 312 g/mol. The lowest BCUT2D eigenvalue weighted by Gasteiger charge is -2.32. The maximum absolute atomic E-state index is 6.14. The third-order valence-electron chi connectivity index (χ3n) is 3.66. The number of ether oxygens (including phenoxy) is 1. The summed E-state index contributed by atoms with van der Waals surface area (Å²) in [7, 11) is 0. The Morgan fingerprint density at radius 3 is 2.44 bits per heavy atom. The molecule has 0 heterocycles. The van der Waals surface area contributed by atoms with Crippen molar-refractivity contribution in [1.29, 1.82) is 0 Å². The summed E-state index contributed by atoms with van der Waals surface area (Å²) in [5.41, 5.74) is 6.75. The first-order valence-corrected chi connectivity index (χ1v) is 7.53. The summed E-state index contributed by atoms with van der Waals surface area (Å²) in [4.78, 5) is 0. The van der Waals surface area contributed by atoms with Crippen molar-refractivity contribution in [3.8, 4) is 5.75 Å². The molecule has 3 heteroatoms. The number of hydrogen-bond acceptors (Lipinski definition) is 2. The predicted octanol–water partition coefficient (Wildman–Crippen LogP) is 4.11. The van der Waals surface area contributed by atoms with Gasteiger partial charge >= 0.3 is 0 Å². The molecule has 2 N–H and O–H groups in total. The monoisotopic (exact) mass is 311 g/mol. The number of hydrogen-bond donors (Lipinski definition) is 1. The molecule has 1 aromatic rings. The van der Waals surface area contributed by atoms with Gasteiger partial charge in [0.05, 0.1) is 10.6 Å². The van der Waals surface area contributed by atoms with E-state index in [1.807, 2.05) is 18.2 Å². The summed E-state index contributed by atoms with van der Waals surface area (Å²) in [6, 6.07) is 6.11. The molecular formula is C15H22BrNO. The molecule has 2 unspecified atom stereocenters. The zero-order chi connectivity index (χ0) is 13.1. The van der Waals surface area contributed by atoms with Gasteiger partial charge in [0, 0.05) is 6.54 Å². The Bertz CT molecular complexity index is 397. The molecule has 100 valence electrons. The van der Waals surface area contributed by atoms with E-state index in [2.05, 4.69) is 29.8 Å². The molecule has 1 fully saturated rings. The van der Waals surface area contributed by atoms with Crippen LogP contribution in [0.4, 0.5) is 0 Å². The van der Waals surface area contributed by atoms with Crippen LogP contribution in [0.3, 0.4) is 0 Å². The zero-order valence-electron chi connectivity index (χ0n) is 11.2. The number of halogens is 1. The van der Waals surface area contributed by atoms with Crippen LogP contribution in [0, 0.1) is 11.8 Å². The lowest BCUT2D eigenvalue weighted by Crippen LogP contribution is -2.28. The third kappa shape index (κ3) is 3.48. The van der Waals surface area contributed by atoms with E-state index in [9.17, 15) is 0 Å². The van der Waals surface area contributed by atoms with Gasteiger partial charge < -0.3 is 10.5 Å². The van der Waals surface area contributed by atoms with Crippen molar-refractivity contribution >= 4 is 15.9 Å². The largest absolute Gasteiger partial charge is 0.489 e. The van der Waals surface area contributed by atoms with Gasteiger partial charge in [0.15, 0.2) is 0 Å². The summed E-state index contributed by atoms with van der Waals surface area (Å²) < 4.78 is 7.15. The molecule has 0 amide bonds. The Labute approximate surface area is 118 Å². The topological polar surface area (TPSA) is 35.2 Å². The zero-order valence-corrected chi connectivity index (χ0v) is 12.7. The predicted molar refractivity (Wildman–Crippen MR) is 78.6 cm³/mol. The summed E-state index contributed by atoms with van der Waals surface area (Å²) in [6.45, 7) is 5.20. The lowest BCUT2D eigenvalue weighted by atomic mass is 9.82. The van der Waals surface area contributed by atoms with Gasteiger partial charge in [-0.05, 0) is 64.7 Å². The summed E-state index contributed by atoms with van der Waals surface area (Å²) in [5.74, 6) is 2.47. The van der Waals surface area contributed by atoms with Gasteiger partial charge in [-0.3, -0.25) is 0 Å². The van der Waals surface area contributed by atoms with Crippen LogP contribution in [-0.4, -0.2) is 6.10 Å². The Hall–Kier alpha value is -0.540. The van der Waals surface area contributed by atoms with Gasteiger partial charge in [-0.25, -0.2) is 0 Å². The minimum Gasteiger partial charge on any atom is -0.489 e. The number of nitrogens with two attached hydrogens (primary N) is 1. The van der Waals surface area contributed by atoms with Crippen LogP contribution in [0.5, 0.6) is 5.75 Å². The van der Waals surface area contributed by atoms with E-state index >= 15 is 0 Å². The van der Waals surface area contributed by atoms with E-state index in [0.29, 0.717) is 12.6 Å². The molecule has 18 heavy (non-hydrogen) atoms. The summed E-state index contributed by atoms with van der Waals surface area (Å²) in [6.07, 6.45) is 4.00. The van der Waals surface area contributed by atoms with Crippen LogP contribution in [0.2, 0.25) is 0 Å². The first-order chi connectivity index (χ1) is 8.58. The van der Waals surface area contributed by atoms with Crippen LogP contribution in [0.25, 0.3) is 0 Å². The van der Waals surface area contributed by atoms with E-state index in [1.54, 1.807) is 0 Å². The minimum absolute atomic E-state index is 0.351. The summed E-state index contributed by atoms with van der Waals surface area (Å²) in [5, 5.41) is 0. The molecule has 0 spiro atoms. The first-order valence-electron chi connectivity index (χ1n) is 6.73. The first kappa shape index (κ1) is 13.9. The van der Waals surface area contributed by atoms with Crippen LogP contribution in [0.15, 0.2) is 22.7 Å². The number of benzene rings is 1. The highest BCUT2D eigenvalue weighted by Gasteiger charge is 2.25. The third-order valence-corrected chi connectivity index (χ3v) is 4.28. The fourth-order valence-electron chi connectivity index (χ4n) is 2.92. The van der Waals surface area contributed by atoms with E-state index < -0.39 is 0 Å². The SMILES string of the molecule is CC1CC(C)CC(Oc2ccc(CN)cc2Br)C1. The summed E-state index contributed by atoms with van der Waals surface area (Å²) >= 11 is 3.56. The molecule has 1 saturated carbocycles. The fourth-order valence-corrected chi connectivity index (χ4v) is 3.44. The van der Waals surface area contributed by atoms with E-state index in [1.165, 1.54) is 6.42 Å². The highest BCUT2D eigenvalue weighted by molar-refractivity contribution is 9.10. The van der Waals surface area contributed by atoms with Crippen LogP contribution >= 0.6 is 15.9 Å². The molecule has 1 aliphatic rings. The Balaban J connectivity index is 2.04. The highest BCUT2D eigenvalue weighted by atomic mass is 79.9. The molecule has 2 rings (SSSR count). The second-order valence-electron chi connectivity index (χ2n) is 5.63. The van der Waals surface area contributed by atoms with Gasteiger partial charge in [0.1, 0.15) is 5.75 Å². The van der Waals surface area contributed by atoms with Crippen LogP contribution in [-0.2, 0) is 6.54 Å². The van der Waals surface area contributed by atoms with Gasteiger partial charge in [0.25, 0.3) is 0 Å². The van der Waals surface area contributed by atoms with Gasteiger partial charge in [0.2, 0.25) is 0 Å². The maximum Gasteiger partial charge on any atom is 0.133 e. The molecule has 0 aliphatic heterocycles. The molecule has 0 bridgehead atoms. The molecular weight excluding hydrogens is 290 g/mol. The van der Waals surface area contributed by atoms with Crippen molar-refractivity contribution < 1.29 is 4.74 Å². The molecule has 2 nitrogen and oxygen atoms in total. The van der Waals surface area contributed by atoms with Crippen molar-refractivity contribution in [2.45, 2.75) is 45.8 Å². The Kier molecular flexibility index (Phi) is 4.68. The van der Waals surface area contributed by atoms with Crippen molar-refractivity contribution in [3.63, 3.8) is 0 Å². The van der Waals surface area contributed by atoms with E-state index in [-0.39, 0.29) is 0 Å². The van der Waals surface area contributed by atoms with E-state index in [4.69, 9.17) is 10.5 Å². The smallest absolute Gasteiger partial charge is 0.133 e. The van der Waals surface area contributed by atoms with Crippen LogP contribution < -0.4 is 10.5 Å². The molecule has 0 aromatic heterocycles. The second-order valence-corrected chi connectivity index (χ2v) is 6.48. The normalized spacial score (nSPS) is 28.1. The fraction of sp³-hybridized carbons (Fsp3) is 0.600. The Morgan fingerprint density at radius 2 is 1.89 bits per heavy atom. The quantitative estimate of drug-likeness (QED) is 0.911. The number of rotatable bonds is 3.